The molecule has 0 saturated carbocycles. The lowest BCUT2D eigenvalue weighted by Gasteiger charge is -2.30. The van der Waals surface area contributed by atoms with Gasteiger partial charge < -0.3 is 5.11 Å². The summed E-state index contributed by atoms with van der Waals surface area (Å²) < 4.78 is 1.09. The van der Waals surface area contributed by atoms with Crippen LogP contribution in [0.25, 0.3) is 0 Å². The number of halogens is 1. The highest BCUT2D eigenvalue weighted by Crippen LogP contribution is 2.33. The molecule has 1 rings (SSSR count). The van der Waals surface area contributed by atoms with Gasteiger partial charge in [-0.2, -0.15) is 0 Å². The van der Waals surface area contributed by atoms with E-state index < -0.39 is 5.41 Å². The second-order valence-corrected chi connectivity index (χ2v) is 7.74. The highest BCUT2D eigenvalue weighted by atomic mass is 127. The Labute approximate surface area is 140 Å². The molecule has 4 N–H and O–H groups in total. The number of carbonyl (C=O) groups is 1. The van der Waals surface area contributed by atoms with Crippen LogP contribution < -0.4 is 11.3 Å². The van der Waals surface area contributed by atoms with Crippen molar-refractivity contribution in [2.45, 2.75) is 45.4 Å². The minimum atomic E-state index is -0.651. The van der Waals surface area contributed by atoms with Gasteiger partial charge in [0.05, 0.1) is 5.41 Å². The molecule has 0 aliphatic heterocycles. The fourth-order valence-electron chi connectivity index (χ4n) is 2.38. The molecule has 118 valence electrons. The molecule has 1 amide bonds. The summed E-state index contributed by atoms with van der Waals surface area (Å²) in [6, 6.07) is 7.94. The van der Waals surface area contributed by atoms with Gasteiger partial charge in [0.25, 0.3) is 0 Å². The standard InChI is InChI=1S/C16H25IN2O2/c1-15(2,11-20)8-5-9-16(3,14(21)19-18)12-6-4-7-13(17)10-12/h4,6-7,10,20H,5,8-9,11,18H2,1-3H3,(H,19,21). The molecule has 0 aliphatic rings. The Morgan fingerprint density at radius 1 is 1.33 bits per heavy atom. The Bertz CT molecular complexity index is 491. The second-order valence-electron chi connectivity index (χ2n) is 6.49. The minimum Gasteiger partial charge on any atom is -0.396 e. The summed E-state index contributed by atoms with van der Waals surface area (Å²) in [6.45, 7) is 6.13. The number of benzene rings is 1. The maximum Gasteiger partial charge on any atom is 0.244 e. The highest BCUT2D eigenvalue weighted by Gasteiger charge is 2.35. The SMILES string of the molecule is CC(C)(CO)CCCC(C)(C(=O)NN)c1cccc(I)c1. The van der Waals surface area contributed by atoms with E-state index in [2.05, 4.69) is 28.0 Å². The number of amides is 1. The molecule has 0 radical (unpaired) electrons. The molecule has 1 atom stereocenters. The van der Waals surface area contributed by atoms with E-state index in [1.165, 1.54) is 0 Å². The first kappa shape index (κ1) is 18.4. The van der Waals surface area contributed by atoms with Crippen molar-refractivity contribution in [3.63, 3.8) is 0 Å². The molecule has 1 aromatic rings. The van der Waals surface area contributed by atoms with Crippen molar-refractivity contribution in [1.82, 2.24) is 5.43 Å². The third kappa shape index (κ3) is 4.93. The first-order valence-electron chi connectivity index (χ1n) is 7.13. The van der Waals surface area contributed by atoms with Gasteiger partial charge in [0.15, 0.2) is 0 Å². The van der Waals surface area contributed by atoms with E-state index in [0.717, 1.165) is 22.0 Å². The van der Waals surface area contributed by atoms with Gasteiger partial charge in [0.2, 0.25) is 5.91 Å². The van der Waals surface area contributed by atoms with Gasteiger partial charge in [-0.05, 0) is 65.5 Å². The molecule has 21 heavy (non-hydrogen) atoms. The fourth-order valence-corrected chi connectivity index (χ4v) is 2.92. The zero-order valence-electron chi connectivity index (χ0n) is 12.9. The number of nitrogens with two attached hydrogens (primary N) is 1. The highest BCUT2D eigenvalue weighted by molar-refractivity contribution is 14.1. The first-order valence-corrected chi connectivity index (χ1v) is 8.21. The summed E-state index contributed by atoms with van der Waals surface area (Å²) >= 11 is 2.24. The average molecular weight is 404 g/mol. The zero-order valence-corrected chi connectivity index (χ0v) is 15.1. The van der Waals surface area contributed by atoms with Gasteiger partial charge in [-0.3, -0.25) is 10.2 Å². The Morgan fingerprint density at radius 2 is 2.00 bits per heavy atom. The number of aliphatic hydroxyl groups is 1. The third-order valence-electron chi connectivity index (χ3n) is 4.05. The van der Waals surface area contributed by atoms with E-state index in [1.54, 1.807) is 0 Å². The van der Waals surface area contributed by atoms with Gasteiger partial charge in [0, 0.05) is 10.2 Å². The van der Waals surface area contributed by atoms with Crippen LogP contribution in [-0.4, -0.2) is 17.6 Å². The van der Waals surface area contributed by atoms with Crippen LogP contribution in [0.3, 0.4) is 0 Å². The number of rotatable bonds is 7. The van der Waals surface area contributed by atoms with Crippen molar-refractivity contribution in [2.24, 2.45) is 11.3 Å². The van der Waals surface area contributed by atoms with Gasteiger partial charge in [-0.15, -0.1) is 0 Å². The molecule has 0 bridgehead atoms. The van der Waals surface area contributed by atoms with Crippen LogP contribution in [0.1, 0.15) is 45.6 Å². The van der Waals surface area contributed by atoms with E-state index in [9.17, 15) is 9.90 Å². The lowest BCUT2D eigenvalue weighted by molar-refractivity contribution is -0.126. The molecule has 4 nitrogen and oxygen atoms in total. The lowest BCUT2D eigenvalue weighted by atomic mass is 9.75. The van der Waals surface area contributed by atoms with E-state index in [0.29, 0.717) is 6.42 Å². The smallest absolute Gasteiger partial charge is 0.244 e. The molecular formula is C16H25IN2O2. The minimum absolute atomic E-state index is 0.120. The summed E-state index contributed by atoms with van der Waals surface area (Å²) in [7, 11) is 0. The summed E-state index contributed by atoms with van der Waals surface area (Å²) in [5, 5.41) is 9.33. The van der Waals surface area contributed by atoms with E-state index in [-0.39, 0.29) is 17.9 Å². The molecule has 0 saturated heterocycles. The Morgan fingerprint density at radius 3 is 2.52 bits per heavy atom. The number of hydrogen-bond donors (Lipinski definition) is 3. The van der Waals surface area contributed by atoms with Crippen LogP contribution in [0.2, 0.25) is 0 Å². The molecular weight excluding hydrogens is 379 g/mol. The second kappa shape index (κ2) is 7.56. The van der Waals surface area contributed by atoms with E-state index in [4.69, 9.17) is 5.84 Å². The molecule has 0 heterocycles. The molecule has 1 aromatic carbocycles. The Balaban J connectivity index is 2.92. The quantitative estimate of drug-likeness (QED) is 0.283. The molecule has 0 fully saturated rings. The van der Waals surface area contributed by atoms with Crippen molar-refractivity contribution < 1.29 is 9.90 Å². The normalized spacial score (nSPS) is 14.6. The van der Waals surface area contributed by atoms with Crippen molar-refractivity contribution >= 4 is 28.5 Å². The predicted octanol–water partition coefficient (Wildman–Crippen LogP) is 2.73. The van der Waals surface area contributed by atoms with Crippen molar-refractivity contribution in [1.29, 1.82) is 0 Å². The number of hydrogen-bond acceptors (Lipinski definition) is 3. The number of hydrazine groups is 1. The van der Waals surface area contributed by atoms with Crippen LogP contribution in [0.4, 0.5) is 0 Å². The molecule has 1 unspecified atom stereocenters. The largest absolute Gasteiger partial charge is 0.396 e. The number of aliphatic hydroxyl groups excluding tert-OH is 1. The average Bonchev–Trinajstić information content (AvgIpc) is 2.46. The maximum atomic E-state index is 12.3. The Kier molecular flexibility index (Phi) is 6.62. The third-order valence-corrected chi connectivity index (χ3v) is 4.72. The van der Waals surface area contributed by atoms with Crippen molar-refractivity contribution in [3.05, 3.63) is 33.4 Å². The number of nitrogens with one attached hydrogen (secondary N) is 1. The summed E-state index contributed by atoms with van der Waals surface area (Å²) in [5.74, 6) is 5.20. The lowest BCUT2D eigenvalue weighted by Crippen LogP contribution is -2.45. The van der Waals surface area contributed by atoms with Gasteiger partial charge in [-0.25, -0.2) is 5.84 Å². The van der Waals surface area contributed by atoms with Crippen LogP contribution in [0.5, 0.6) is 0 Å². The summed E-state index contributed by atoms with van der Waals surface area (Å²) in [6.07, 6.45) is 2.41. The molecule has 0 spiro atoms. The molecule has 0 aliphatic carbocycles. The molecule has 0 aromatic heterocycles. The van der Waals surface area contributed by atoms with E-state index in [1.807, 2.05) is 45.0 Å². The van der Waals surface area contributed by atoms with Gasteiger partial charge >= 0.3 is 0 Å². The van der Waals surface area contributed by atoms with Crippen LogP contribution in [-0.2, 0) is 10.2 Å². The van der Waals surface area contributed by atoms with E-state index >= 15 is 0 Å². The van der Waals surface area contributed by atoms with Crippen molar-refractivity contribution in [2.75, 3.05) is 6.61 Å². The monoisotopic (exact) mass is 404 g/mol. The molecule has 5 heteroatoms. The summed E-state index contributed by atoms with van der Waals surface area (Å²) in [5.41, 5.74) is 2.49. The maximum absolute atomic E-state index is 12.3. The predicted molar refractivity (Wildman–Crippen MR) is 93.6 cm³/mol. The first-order chi connectivity index (χ1) is 9.75. The fraction of sp³-hybridized carbons (Fsp3) is 0.562. The Hall–Kier alpha value is -0.660. The number of carbonyl (C=O) groups excluding carboxylic acids is 1. The zero-order chi connectivity index (χ0) is 16.1. The summed E-state index contributed by atoms with van der Waals surface area (Å²) in [4.78, 5) is 12.3. The van der Waals surface area contributed by atoms with Crippen LogP contribution in [0, 0.1) is 8.99 Å². The van der Waals surface area contributed by atoms with Crippen LogP contribution in [0.15, 0.2) is 24.3 Å². The van der Waals surface area contributed by atoms with Crippen molar-refractivity contribution in [3.8, 4) is 0 Å². The van der Waals surface area contributed by atoms with Crippen LogP contribution >= 0.6 is 22.6 Å². The van der Waals surface area contributed by atoms with Gasteiger partial charge in [0.1, 0.15) is 0 Å². The van der Waals surface area contributed by atoms with Gasteiger partial charge in [-0.1, -0.05) is 32.4 Å². The topological polar surface area (TPSA) is 75.3 Å².